The number of aliphatic carboxylic acids is 2. The minimum Gasteiger partial charge on any atom is -0.481 e. The van der Waals surface area contributed by atoms with Crippen molar-refractivity contribution in [1.29, 1.82) is 0 Å². The Kier molecular flexibility index (Phi) is 28.7. The molecule has 0 saturated carbocycles. The molecule has 0 radical (unpaired) electrons. The topological polar surface area (TPSA) is 129 Å². The Balaban J connectivity index is -0.000000528. The molecular formula is C22H41KO7S. The third-order valence-corrected chi connectivity index (χ3v) is 5.59. The first-order chi connectivity index (χ1) is 14.2. The average molecular weight is 489 g/mol. The smallest absolute Gasteiger partial charge is 0.481 e. The number of hydrogen-bond acceptors (Lipinski definition) is 4. The van der Waals surface area contributed by atoms with Gasteiger partial charge in [-0.25, -0.2) is 0 Å². The molecule has 0 bridgehead atoms. The summed E-state index contributed by atoms with van der Waals surface area (Å²) in [6.07, 6.45) is 22.7. The molecule has 0 saturated heterocycles. The molecule has 1 atom stereocenters. The van der Waals surface area contributed by atoms with Crippen LogP contribution in [-0.4, -0.2) is 40.4 Å². The molecule has 0 aliphatic rings. The van der Waals surface area contributed by atoms with E-state index in [1.807, 2.05) is 0 Å². The molecule has 0 aromatic carbocycles. The molecule has 9 heteroatoms. The Labute approximate surface area is 231 Å². The van der Waals surface area contributed by atoms with Crippen LogP contribution in [0.3, 0.4) is 0 Å². The number of rotatable bonds is 18. The van der Waals surface area contributed by atoms with Gasteiger partial charge in [-0.2, -0.15) is 14.8 Å². The minimum atomic E-state index is -4.84. The molecule has 0 aliphatic carbocycles. The van der Waals surface area contributed by atoms with Crippen LogP contribution in [0.25, 0.3) is 0 Å². The van der Waals surface area contributed by atoms with Crippen LogP contribution in [0.4, 0.5) is 0 Å². The fourth-order valence-electron chi connectivity index (χ4n) is 2.73. The van der Waals surface area contributed by atoms with Crippen LogP contribution in [0, 0.1) is 6.92 Å². The summed E-state index contributed by atoms with van der Waals surface area (Å²) in [4.78, 5) is 20.0. The predicted molar refractivity (Wildman–Crippen MR) is 120 cm³/mol. The third kappa shape index (κ3) is 28.2. The van der Waals surface area contributed by atoms with E-state index in [1.54, 1.807) is 0 Å². The second-order valence-electron chi connectivity index (χ2n) is 7.38. The number of hydrogen-bond donors (Lipinski definition) is 3. The van der Waals surface area contributed by atoms with Gasteiger partial charge in [0.2, 0.25) is 0 Å². The zero-order valence-corrected chi connectivity index (χ0v) is 23.4. The van der Waals surface area contributed by atoms with Crippen LogP contribution in [0.15, 0.2) is 12.2 Å². The van der Waals surface area contributed by atoms with E-state index in [4.69, 9.17) is 14.8 Å². The molecule has 0 aromatic rings. The molecule has 7 nitrogen and oxygen atoms in total. The van der Waals surface area contributed by atoms with Gasteiger partial charge in [-0.05, 0) is 25.7 Å². The van der Waals surface area contributed by atoms with E-state index in [1.165, 1.54) is 83.5 Å². The number of unbranched alkanes of at least 4 members (excludes halogenated alkanes) is 12. The fourth-order valence-corrected chi connectivity index (χ4v) is 3.33. The maximum absolute atomic E-state index is 10.2. The summed E-state index contributed by atoms with van der Waals surface area (Å²) in [7, 11) is -4.84. The molecule has 0 fully saturated rings. The van der Waals surface area contributed by atoms with E-state index >= 15 is 0 Å². The van der Waals surface area contributed by atoms with Crippen molar-refractivity contribution >= 4 is 22.1 Å². The van der Waals surface area contributed by atoms with Crippen LogP contribution >= 0.6 is 0 Å². The second kappa shape index (κ2) is 24.9. The third-order valence-electron chi connectivity index (χ3n) is 4.51. The van der Waals surface area contributed by atoms with Crippen molar-refractivity contribution < 1.29 is 84.2 Å². The molecule has 0 rings (SSSR count). The van der Waals surface area contributed by atoms with Gasteiger partial charge in [-0.1, -0.05) is 76.9 Å². The molecular weight excluding hydrogens is 447 g/mol. The van der Waals surface area contributed by atoms with Crippen molar-refractivity contribution in [3.05, 3.63) is 19.1 Å². The fraction of sp³-hybridized carbons (Fsp3) is 0.773. The first kappa shape index (κ1) is 35.8. The zero-order chi connectivity index (χ0) is 23.3. The largest absolute Gasteiger partial charge is 1.00 e. The summed E-state index contributed by atoms with van der Waals surface area (Å²) < 4.78 is 28.7. The first-order valence-corrected chi connectivity index (χ1v) is 12.5. The standard InChI is InChI=1S/C18H35.C4H6O7S.K/c1-3-5-7-9-11-13-15-17-18-16-14-12-10-8-6-4-2;5-3(6)1-2(4(7)8)12(9,10)11;/h17-18H,1,3-16H2,2H3;2H,1H2,(H,5,6)(H,7,8)(H,9,10,11);/q-1;;+1. The van der Waals surface area contributed by atoms with Crippen LogP contribution in [-0.2, 0) is 19.7 Å². The van der Waals surface area contributed by atoms with Crippen LogP contribution in [0.5, 0.6) is 0 Å². The van der Waals surface area contributed by atoms with Crippen molar-refractivity contribution in [3.63, 3.8) is 0 Å². The Morgan fingerprint density at radius 3 is 1.58 bits per heavy atom. The summed E-state index contributed by atoms with van der Waals surface area (Å²) in [5, 5.41) is 13.9. The van der Waals surface area contributed by atoms with E-state index in [0.717, 1.165) is 6.42 Å². The van der Waals surface area contributed by atoms with Gasteiger partial charge in [0, 0.05) is 0 Å². The molecule has 0 spiro atoms. The van der Waals surface area contributed by atoms with E-state index in [2.05, 4.69) is 26.0 Å². The van der Waals surface area contributed by atoms with Gasteiger partial charge in [0.25, 0.3) is 10.1 Å². The van der Waals surface area contributed by atoms with Crippen molar-refractivity contribution in [2.75, 3.05) is 0 Å². The summed E-state index contributed by atoms with van der Waals surface area (Å²) in [6, 6.07) is 0. The van der Waals surface area contributed by atoms with Gasteiger partial charge >= 0.3 is 63.3 Å². The molecule has 0 aliphatic heterocycles. The normalized spacial score (nSPS) is 12.0. The van der Waals surface area contributed by atoms with Crippen molar-refractivity contribution in [3.8, 4) is 0 Å². The Hall–Kier alpha value is 0.226. The van der Waals surface area contributed by atoms with Crippen LogP contribution in [0.1, 0.15) is 103 Å². The summed E-state index contributed by atoms with van der Waals surface area (Å²) >= 11 is 0. The number of carbonyl (C=O) groups is 2. The van der Waals surface area contributed by atoms with E-state index in [9.17, 15) is 18.0 Å². The van der Waals surface area contributed by atoms with E-state index in [-0.39, 0.29) is 51.4 Å². The van der Waals surface area contributed by atoms with Gasteiger partial charge in [0.15, 0.2) is 5.25 Å². The molecule has 0 aromatic heterocycles. The van der Waals surface area contributed by atoms with Gasteiger partial charge in [-0.15, -0.1) is 0 Å². The maximum atomic E-state index is 10.2. The Bertz CT molecular complexity index is 544. The maximum Gasteiger partial charge on any atom is 1.00 e. The van der Waals surface area contributed by atoms with Crippen molar-refractivity contribution in [2.24, 2.45) is 0 Å². The Morgan fingerprint density at radius 1 is 0.839 bits per heavy atom. The quantitative estimate of drug-likeness (QED) is 0.0889. The van der Waals surface area contributed by atoms with Gasteiger partial charge in [0.1, 0.15) is 0 Å². The second-order valence-corrected chi connectivity index (χ2v) is 8.98. The number of carboxylic acid groups (broad SMARTS) is 2. The molecule has 0 heterocycles. The van der Waals surface area contributed by atoms with Gasteiger partial charge in [0.05, 0.1) is 6.42 Å². The minimum absolute atomic E-state index is 0. The summed E-state index contributed by atoms with van der Waals surface area (Å²) in [5.41, 5.74) is 0. The van der Waals surface area contributed by atoms with E-state index in [0.29, 0.717) is 0 Å². The van der Waals surface area contributed by atoms with E-state index < -0.39 is 33.7 Å². The van der Waals surface area contributed by atoms with Gasteiger partial charge < -0.3 is 17.1 Å². The first-order valence-electron chi connectivity index (χ1n) is 11.0. The summed E-state index contributed by atoms with van der Waals surface area (Å²) in [5.74, 6) is -3.50. The Morgan fingerprint density at radius 2 is 1.26 bits per heavy atom. The predicted octanol–water partition coefficient (Wildman–Crippen LogP) is 2.66. The molecule has 1 unspecified atom stereocenters. The summed E-state index contributed by atoms with van der Waals surface area (Å²) in [6.45, 7) is 6.15. The number of carboxylic acids is 2. The SMILES string of the molecule is O=C(O)CC(C(=O)O)S(=O)(=O)O.[CH2-]CCCCCCCC=CCCCCCCCC.[K+]. The molecule has 178 valence electrons. The monoisotopic (exact) mass is 488 g/mol. The van der Waals surface area contributed by atoms with Crippen LogP contribution < -0.4 is 51.4 Å². The van der Waals surface area contributed by atoms with Gasteiger partial charge in [-0.3, -0.25) is 14.1 Å². The average Bonchev–Trinajstić information content (AvgIpc) is 2.66. The molecule has 0 amide bonds. The van der Waals surface area contributed by atoms with Crippen molar-refractivity contribution in [2.45, 2.75) is 108 Å². The molecule has 31 heavy (non-hydrogen) atoms. The van der Waals surface area contributed by atoms with Crippen molar-refractivity contribution in [1.82, 2.24) is 0 Å². The van der Waals surface area contributed by atoms with Crippen LogP contribution in [0.2, 0.25) is 0 Å². The zero-order valence-electron chi connectivity index (χ0n) is 19.4. The number of allylic oxidation sites excluding steroid dienone is 2. The molecule has 3 N–H and O–H groups in total.